The second kappa shape index (κ2) is 14.9. The molecule has 76 heavy (non-hydrogen) atoms. The van der Waals surface area contributed by atoms with E-state index in [0.29, 0.717) is 45.1 Å². The molecule has 0 fully saturated rings. The summed E-state index contributed by atoms with van der Waals surface area (Å²) in [6.07, 6.45) is 1.79. The average Bonchev–Trinajstić information content (AvgIpc) is 4.48. The SMILES string of the molecule is N#Cc1c(C#N)c(-n2c3ccccc3c3ccc4c5ccccc5oc4c32)c(-n2c3ccccc3c3ccc4c5ccccc5oc4c32)c(-c2ccccn2)c1-n1c2ccccc2c2ccc3c4ccccc4oc3c21. The average molecular weight is 971 g/mol. The summed E-state index contributed by atoms with van der Waals surface area (Å²) in [5.41, 5.74) is 12.1. The third kappa shape index (κ3) is 5.12. The Bertz CT molecular complexity index is 5510. The zero-order chi connectivity index (χ0) is 49.9. The summed E-state index contributed by atoms with van der Waals surface area (Å²) >= 11 is 0. The van der Waals surface area contributed by atoms with Crippen molar-refractivity contribution in [2.24, 2.45) is 0 Å². The van der Waals surface area contributed by atoms with Crippen LogP contribution in [0.5, 0.6) is 0 Å². The topological polar surface area (TPSA) is 115 Å². The molecule has 350 valence electrons. The Hall–Kier alpha value is -10.9. The molecular weight excluding hydrogens is 937 g/mol. The molecule has 0 aliphatic carbocycles. The molecule has 7 heterocycles. The third-order valence-electron chi connectivity index (χ3n) is 15.8. The lowest BCUT2D eigenvalue weighted by atomic mass is 9.93. The summed E-state index contributed by atoms with van der Waals surface area (Å²) in [5, 5.41) is 36.1. The van der Waals surface area contributed by atoms with E-state index in [9.17, 15) is 10.5 Å². The number of hydrogen-bond acceptors (Lipinski definition) is 6. The number of benzene rings is 10. The molecule has 17 aromatic rings. The van der Waals surface area contributed by atoms with Crippen molar-refractivity contribution in [3.05, 3.63) is 218 Å². The minimum absolute atomic E-state index is 0.161. The van der Waals surface area contributed by atoms with Crippen LogP contribution in [0.3, 0.4) is 0 Å². The Morgan fingerprint density at radius 2 is 0.658 bits per heavy atom. The van der Waals surface area contributed by atoms with E-state index in [1.165, 1.54) is 0 Å². The van der Waals surface area contributed by atoms with Crippen molar-refractivity contribution in [2.45, 2.75) is 0 Å². The van der Waals surface area contributed by atoms with Gasteiger partial charge in [0.05, 0.1) is 72.5 Å². The highest BCUT2D eigenvalue weighted by atomic mass is 16.3. The van der Waals surface area contributed by atoms with Crippen LogP contribution in [0.1, 0.15) is 11.1 Å². The van der Waals surface area contributed by atoms with E-state index in [2.05, 4.69) is 123 Å². The lowest BCUT2D eigenvalue weighted by Gasteiger charge is -2.26. The number of para-hydroxylation sites is 6. The van der Waals surface area contributed by atoms with Gasteiger partial charge < -0.3 is 27.0 Å². The molecule has 7 aromatic heterocycles. The van der Waals surface area contributed by atoms with Crippen LogP contribution in [0, 0.1) is 22.7 Å². The molecule has 0 amide bonds. The Labute approximate surface area is 429 Å². The first-order valence-electron chi connectivity index (χ1n) is 25.2. The maximum atomic E-state index is 12.4. The first-order valence-corrected chi connectivity index (χ1v) is 25.2. The predicted octanol–water partition coefficient (Wildman–Crippen LogP) is 17.5. The van der Waals surface area contributed by atoms with Gasteiger partial charge in [-0.25, -0.2) is 0 Å². The van der Waals surface area contributed by atoms with E-state index in [1.54, 1.807) is 6.20 Å². The van der Waals surface area contributed by atoms with E-state index in [-0.39, 0.29) is 11.1 Å². The van der Waals surface area contributed by atoms with Gasteiger partial charge in [0, 0.05) is 70.8 Å². The number of nitrogens with zero attached hydrogens (tertiary/aromatic N) is 6. The van der Waals surface area contributed by atoms with Crippen LogP contribution in [0.2, 0.25) is 0 Å². The van der Waals surface area contributed by atoms with E-state index < -0.39 is 0 Å². The van der Waals surface area contributed by atoms with Gasteiger partial charge in [0.15, 0.2) is 16.7 Å². The Kier molecular flexibility index (Phi) is 7.96. The highest BCUT2D eigenvalue weighted by Crippen LogP contribution is 2.52. The van der Waals surface area contributed by atoms with E-state index in [0.717, 1.165) is 114 Å². The van der Waals surface area contributed by atoms with Gasteiger partial charge >= 0.3 is 0 Å². The van der Waals surface area contributed by atoms with Crippen LogP contribution < -0.4 is 0 Å². The lowest BCUT2D eigenvalue weighted by Crippen LogP contribution is -2.14. The summed E-state index contributed by atoms with van der Waals surface area (Å²) in [6, 6.07) is 73.3. The molecule has 10 aromatic carbocycles. The fourth-order valence-corrected chi connectivity index (χ4v) is 12.7. The second-order valence-corrected chi connectivity index (χ2v) is 19.5. The number of fused-ring (bicyclic) bond motifs is 21. The van der Waals surface area contributed by atoms with Crippen molar-refractivity contribution in [3.63, 3.8) is 0 Å². The normalized spacial score (nSPS) is 12.2. The molecule has 0 bridgehead atoms. The van der Waals surface area contributed by atoms with E-state index >= 15 is 0 Å². The maximum absolute atomic E-state index is 12.4. The molecule has 0 unspecified atom stereocenters. The van der Waals surface area contributed by atoms with E-state index in [1.807, 2.05) is 103 Å². The Morgan fingerprint density at radius 3 is 1.07 bits per heavy atom. The number of rotatable bonds is 4. The maximum Gasteiger partial charge on any atom is 0.160 e. The Balaban J connectivity index is 1.20. The molecule has 0 aliphatic heterocycles. The van der Waals surface area contributed by atoms with Crippen LogP contribution >= 0.6 is 0 Å². The fourth-order valence-electron chi connectivity index (χ4n) is 12.7. The monoisotopic (exact) mass is 970 g/mol. The molecule has 9 heteroatoms. The minimum atomic E-state index is 0.161. The van der Waals surface area contributed by atoms with Crippen LogP contribution in [0.25, 0.3) is 160 Å². The smallest absolute Gasteiger partial charge is 0.160 e. The van der Waals surface area contributed by atoms with Gasteiger partial charge in [-0.05, 0) is 66.7 Å². The molecular formula is C67H34N6O3. The molecule has 0 saturated carbocycles. The van der Waals surface area contributed by atoms with E-state index in [4.69, 9.17) is 18.2 Å². The highest BCUT2D eigenvalue weighted by molar-refractivity contribution is 6.26. The fraction of sp³-hybridized carbons (Fsp3) is 0. The van der Waals surface area contributed by atoms with Gasteiger partial charge in [-0.15, -0.1) is 0 Å². The molecule has 0 atom stereocenters. The summed E-state index contributed by atoms with van der Waals surface area (Å²) in [7, 11) is 0. The molecule has 17 rings (SSSR count). The molecule has 0 N–H and O–H groups in total. The number of nitriles is 2. The van der Waals surface area contributed by atoms with Crippen LogP contribution in [-0.2, 0) is 0 Å². The number of pyridine rings is 1. The lowest BCUT2D eigenvalue weighted by molar-refractivity contribution is 0.670. The third-order valence-corrected chi connectivity index (χ3v) is 15.8. The van der Waals surface area contributed by atoms with Crippen molar-refractivity contribution >= 4 is 131 Å². The van der Waals surface area contributed by atoms with Crippen molar-refractivity contribution in [2.75, 3.05) is 0 Å². The van der Waals surface area contributed by atoms with Crippen LogP contribution in [0.4, 0.5) is 0 Å². The molecule has 0 aliphatic rings. The van der Waals surface area contributed by atoms with Gasteiger partial charge in [0.25, 0.3) is 0 Å². The minimum Gasteiger partial charge on any atom is -0.454 e. The van der Waals surface area contributed by atoms with Gasteiger partial charge in [0.2, 0.25) is 0 Å². The second-order valence-electron chi connectivity index (χ2n) is 19.5. The predicted molar refractivity (Wildman–Crippen MR) is 304 cm³/mol. The zero-order valence-electron chi connectivity index (χ0n) is 40.0. The van der Waals surface area contributed by atoms with Crippen molar-refractivity contribution < 1.29 is 13.3 Å². The quantitative estimate of drug-likeness (QED) is 0.173. The summed E-state index contributed by atoms with van der Waals surface area (Å²) in [6.45, 7) is 0. The van der Waals surface area contributed by atoms with Crippen molar-refractivity contribution in [3.8, 4) is 40.5 Å². The number of furan rings is 3. The highest BCUT2D eigenvalue weighted by Gasteiger charge is 2.35. The standard InChI is InChI=1S/C67H34N6O3/c68-35-49-50(36-69)60(72-53-23-8-2-16-38(53)44-29-32-47-41-19-5-11-26-56(41)75-66(47)62(44)72)64(73-54-24-9-3-17-39(54)45-30-33-48-42-20-6-12-27-57(42)76-67(48)63(45)73)58(51-21-13-14-34-70-51)59(49)71-52-22-7-1-15-37(52)43-28-31-46-40-18-4-10-25-55(40)74-65(46)61(43)71/h1-34H. The van der Waals surface area contributed by atoms with Crippen molar-refractivity contribution in [1.29, 1.82) is 10.5 Å². The number of aromatic nitrogens is 4. The van der Waals surface area contributed by atoms with Crippen LogP contribution in [0.15, 0.2) is 220 Å². The van der Waals surface area contributed by atoms with Crippen molar-refractivity contribution in [1.82, 2.24) is 18.7 Å². The molecule has 0 radical (unpaired) electrons. The summed E-state index contributed by atoms with van der Waals surface area (Å²) in [4.78, 5) is 5.27. The summed E-state index contributed by atoms with van der Waals surface area (Å²) < 4.78 is 27.6. The molecule has 0 spiro atoms. The molecule has 9 nitrogen and oxygen atoms in total. The van der Waals surface area contributed by atoms with Gasteiger partial charge in [-0.3, -0.25) is 4.98 Å². The Morgan fingerprint density at radius 1 is 0.316 bits per heavy atom. The van der Waals surface area contributed by atoms with Gasteiger partial charge in [0.1, 0.15) is 28.9 Å². The van der Waals surface area contributed by atoms with Gasteiger partial charge in [-0.1, -0.05) is 133 Å². The molecule has 0 saturated heterocycles. The number of hydrogen-bond donors (Lipinski definition) is 0. The first kappa shape index (κ1) is 40.7. The zero-order valence-corrected chi connectivity index (χ0v) is 40.0. The largest absolute Gasteiger partial charge is 0.454 e. The van der Waals surface area contributed by atoms with Crippen LogP contribution in [-0.4, -0.2) is 18.7 Å². The van der Waals surface area contributed by atoms with Gasteiger partial charge in [-0.2, -0.15) is 10.5 Å². The first-order chi connectivity index (χ1) is 37.7. The summed E-state index contributed by atoms with van der Waals surface area (Å²) in [5.74, 6) is 0.